The molecule has 0 aromatic rings. The van der Waals surface area contributed by atoms with E-state index in [9.17, 15) is 33.6 Å². The Kier molecular flexibility index (Phi) is 22.6. The first-order valence-electron chi connectivity index (χ1n) is 22.8. The number of ketones is 1. The van der Waals surface area contributed by atoms with Gasteiger partial charge >= 0.3 is 0 Å². The van der Waals surface area contributed by atoms with E-state index in [1.165, 1.54) is 35.7 Å². The molecule has 15 heteroatoms. The van der Waals surface area contributed by atoms with Crippen molar-refractivity contribution in [3.05, 3.63) is 0 Å². The molecule has 0 bridgehead atoms. The predicted octanol–water partition coefficient (Wildman–Crippen LogP) is 4.75. The highest BCUT2D eigenvalue weighted by atomic mass is 16.5. The standard InChI is InChI=1S/C46H85N7O8/c1-19-22-23-24-33(31(12)54)48-40(55)35(25-27(4)5)52(17)45(60)37(29(8)9)49-41(56)36(26-28(6)7)51(16)44(59)34(21-3)50(15)43(58)32(20-2)47-42(57)38-39(30(10)11)61-46(13,14)53(38)18/h27-30,32-39H,19-26H2,1-18H3,(H,47,57)(H,48,55)(H,49,56). The molecule has 0 spiro atoms. The maximum atomic E-state index is 14.4. The third kappa shape index (κ3) is 15.3. The number of hydrogen-bond acceptors (Lipinski definition) is 9. The highest BCUT2D eigenvalue weighted by Gasteiger charge is 2.50. The van der Waals surface area contributed by atoms with Gasteiger partial charge in [-0.1, -0.05) is 95.4 Å². The van der Waals surface area contributed by atoms with Crippen LogP contribution < -0.4 is 16.0 Å². The van der Waals surface area contributed by atoms with E-state index in [0.717, 1.165) is 19.3 Å². The van der Waals surface area contributed by atoms with Crippen LogP contribution in [0.25, 0.3) is 0 Å². The lowest BCUT2D eigenvalue weighted by Crippen LogP contribution is -2.61. The minimum Gasteiger partial charge on any atom is -0.355 e. The Balaban J connectivity index is 3.36. The number of amides is 6. The number of ether oxygens (including phenoxy) is 1. The zero-order valence-electron chi connectivity index (χ0n) is 41.1. The van der Waals surface area contributed by atoms with Gasteiger partial charge in [-0.05, 0) is 83.6 Å². The van der Waals surface area contributed by atoms with Crippen LogP contribution in [0.5, 0.6) is 0 Å². The van der Waals surface area contributed by atoms with Crippen molar-refractivity contribution in [2.24, 2.45) is 23.7 Å². The number of hydrogen-bond donors (Lipinski definition) is 3. The van der Waals surface area contributed by atoms with Crippen molar-refractivity contribution in [3.8, 4) is 0 Å². The third-order valence-electron chi connectivity index (χ3n) is 12.2. The number of unbranched alkanes of at least 4 members (excludes halogenated alkanes) is 2. The molecule has 0 radical (unpaired) electrons. The van der Waals surface area contributed by atoms with Crippen LogP contribution in [-0.4, -0.2) is 143 Å². The lowest BCUT2D eigenvalue weighted by molar-refractivity contribution is -0.150. The lowest BCUT2D eigenvalue weighted by atomic mass is 9.96. The van der Waals surface area contributed by atoms with Crippen LogP contribution >= 0.6 is 0 Å². The first-order valence-corrected chi connectivity index (χ1v) is 22.8. The maximum absolute atomic E-state index is 14.4. The molecule has 61 heavy (non-hydrogen) atoms. The van der Waals surface area contributed by atoms with Crippen LogP contribution in [0, 0.1) is 23.7 Å². The fraction of sp³-hybridized carbons (Fsp3) is 0.848. The number of carbonyl (C=O) groups is 7. The molecule has 0 aromatic heterocycles. The van der Waals surface area contributed by atoms with Gasteiger partial charge in [0.15, 0.2) is 5.78 Å². The largest absolute Gasteiger partial charge is 0.355 e. The molecule has 1 saturated heterocycles. The average molecular weight is 864 g/mol. The molecule has 0 saturated carbocycles. The van der Waals surface area contributed by atoms with Gasteiger partial charge in [-0.15, -0.1) is 0 Å². The van der Waals surface area contributed by atoms with E-state index < -0.39 is 77.6 Å². The second-order valence-corrected chi connectivity index (χ2v) is 19.3. The third-order valence-corrected chi connectivity index (χ3v) is 12.2. The molecular weight excluding hydrogens is 779 g/mol. The van der Waals surface area contributed by atoms with Crippen LogP contribution in [0.15, 0.2) is 0 Å². The van der Waals surface area contributed by atoms with E-state index in [0.29, 0.717) is 12.8 Å². The van der Waals surface area contributed by atoms with Crippen molar-refractivity contribution in [1.82, 2.24) is 35.6 Å². The fourth-order valence-corrected chi connectivity index (χ4v) is 8.01. The maximum Gasteiger partial charge on any atom is 0.245 e. The number of carbonyl (C=O) groups excluding carboxylic acids is 7. The summed E-state index contributed by atoms with van der Waals surface area (Å²) in [4.78, 5) is 103. The highest BCUT2D eigenvalue weighted by molar-refractivity contribution is 5.97. The molecule has 0 aromatic carbocycles. The number of nitrogens with one attached hydrogen (secondary N) is 3. The second-order valence-electron chi connectivity index (χ2n) is 19.3. The summed E-state index contributed by atoms with van der Waals surface area (Å²) >= 11 is 0. The summed E-state index contributed by atoms with van der Waals surface area (Å²) in [6.45, 7) is 26.3. The van der Waals surface area contributed by atoms with Crippen LogP contribution in [0.4, 0.5) is 0 Å². The summed E-state index contributed by atoms with van der Waals surface area (Å²) < 4.78 is 6.23. The summed E-state index contributed by atoms with van der Waals surface area (Å²) in [6.07, 6.45) is 3.97. The van der Waals surface area contributed by atoms with Crippen molar-refractivity contribution in [3.63, 3.8) is 0 Å². The van der Waals surface area contributed by atoms with Gasteiger partial charge in [0.05, 0.1) is 12.1 Å². The van der Waals surface area contributed by atoms with Crippen molar-refractivity contribution in [2.75, 3.05) is 28.2 Å². The number of nitrogens with zero attached hydrogens (tertiary/aromatic N) is 4. The van der Waals surface area contributed by atoms with Crippen LogP contribution in [0.2, 0.25) is 0 Å². The minimum absolute atomic E-state index is 0.0241. The Labute approximate surface area is 368 Å². The van der Waals surface area contributed by atoms with Gasteiger partial charge in [0.25, 0.3) is 0 Å². The van der Waals surface area contributed by atoms with Gasteiger partial charge in [-0.2, -0.15) is 0 Å². The van der Waals surface area contributed by atoms with E-state index in [-0.39, 0.29) is 60.7 Å². The van der Waals surface area contributed by atoms with Crippen LogP contribution in [0.3, 0.4) is 0 Å². The molecule has 1 aliphatic heterocycles. The Bertz CT molecular complexity index is 1480. The molecule has 1 fully saturated rings. The van der Waals surface area contributed by atoms with Crippen LogP contribution in [0.1, 0.15) is 148 Å². The molecule has 15 nitrogen and oxygen atoms in total. The molecule has 3 N–H and O–H groups in total. The van der Waals surface area contributed by atoms with Crippen molar-refractivity contribution in [1.29, 1.82) is 0 Å². The van der Waals surface area contributed by atoms with Crippen molar-refractivity contribution in [2.45, 2.75) is 202 Å². The number of Topliss-reactive ketones (excluding diaryl/α,β-unsaturated/α-hetero) is 1. The van der Waals surface area contributed by atoms with Gasteiger partial charge < -0.3 is 35.4 Å². The number of rotatable bonds is 25. The molecule has 8 atom stereocenters. The monoisotopic (exact) mass is 864 g/mol. The lowest BCUT2D eigenvalue weighted by Gasteiger charge is -2.37. The van der Waals surface area contributed by atoms with E-state index in [1.807, 2.05) is 67.3 Å². The summed E-state index contributed by atoms with van der Waals surface area (Å²) in [7, 11) is 6.45. The zero-order chi connectivity index (χ0) is 47.3. The molecular formula is C46H85N7O8. The second kappa shape index (κ2) is 24.9. The first kappa shape index (κ1) is 55.4. The van der Waals surface area contributed by atoms with Gasteiger partial charge in [0.1, 0.15) is 42.0 Å². The predicted molar refractivity (Wildman–Crippen MR) is 240 cm³/mol. The van der Waals surface area contributed by atoms with E-state index in [2.05, 4.69) is 22.9 Å². The van der Waals surface area contributed by atoms with Gasteiger partial charge in [0.2, 0.25) is 35.4 Å². The summed E-state index contributed by atoms with van der Waals surface area (Å²) in [6, 6.07) is -6.04. The normalized spacial score (nSPS) is 19.5. The Hall–Kier alpha value is -3.59. The summed E-state index contributed by atoms with van der Waals surface area (Å²) in [5.41, 5.74) is -0.679. The molecule has 1 aliphatic rings. The molecule has 0 aliphatic carbocycles. The van der Waals surface area contributed by atoms with E-state index in [1.54, 1.807) is 34.7 Å². The molecule has 352 valence electrons. The minimum atomic E-state index is -1.03. The van der Waals surface area contributed by atoms with Crippen LogP contribution in [-0.2, 0) is 38.3 Å². The molecule has 1 heterocycles. The molecule has 1 rings (SSSR count). The van der Waals surface area contributed by atoms with Crippen molar-refractivity contribution < 1.29 is 38.3 Å². The van der Waals surface area contributed by atoms with Gasteiger partial charge in [0, 0.05) is 21.1 Å². The quantitative estimate of drug-likeness (QED) is 0.109. The van der Waals surface area contributed by atoms with E-state index in [4.69, 9.17) is 4.74 Å². The molecule has 8 unspecified atom stereocenters. The topological polar surface area (TPSA) is 178 Å². The Morgan fingerprint density at radius 3 is 1.57 bits per heavy atom. The number of likely N-dealkylation sites (N-methyl/N-ethyl adjacent to an activating group) is 4. The average Bonchev–Trinajstić information content (AvgIpc) is 3.43. The zero-order valence-corrected chi connectivity index (χ0v) is 41.1. The van der Waals surface area contributed by atoms with Gasteiger partial charge in [-0.25, -0.2) is 0 Å². The summed E-state index contributed by atoms with van der Waals surface area (Å²) in [5, 5.41) is 8.77. The molecule has 6 amide bonds. The first-order chi connectivity index (χ1) is 28.2. The SMILES string of the molecule is CCCCCC(NC(=O)C(CC(C)C)N(C)C(=O)C(NC(=O)C(CC(C)C)N(C)C(=O)C(CC)N(C)C(=O)C(CC)NC(=O)C1C(C(C)C)OC(C)(C)N1C)C(C)C)C(C)=O. The smallest absolute Gasteiger partial charge is 0.245 e. The van der Waals surface area contributed by atoms with Gasteiger partial charge in [-0.3, -0.25) is 38.5 Å². The Morgan fingerprint density at radius 2 is 1.15 bits per heavy atom. The fourth-order valence-electron chi connectivity index (χ4n) is 8.01. The summed E-state index contributed by atoms with van der Waals surface area (Å²) in [5.74, 6) is -3.10. The Morgan fingerprint density at radius 1 is 0.656 bits per heavy atom. The van der Waals surface area contributed by atoms with Crippen molar-refractivity contribution >= 4 is 41.2 Å². The van der Waals surface area contributed by atoms with E-state index >= 15 is 0 Å². The highest BCUT2D eigenvalue weighted by Crippen LogP contribution is 2.34.